The zero-order valence-electron chi connectivity index (χ0n) is 16.1. The molecule has 0 amide bonds. The maximum Gasteiger partial charge on any atom is 0.418 e. The van der Waals surface area contributed by atoms with Crippen molar-refractivity contribution in [3.63, 3.8) is 0 Å². The van der Waals surface area contributed by atoms with Gasteiger partial charge >= 0.3 is 6.18 Å². The molecule has 0 saturated heterocycles. The lowest BCUT2D eigenvalue weighted by atomic mass is 9.97. The van der Waals surface area contributed by atoms with Gasteiger partial charge in [-0.15, -0.1) is 0 Å². The fraction of sp³-hybridized carbons (Fsp3) is 0.435. The Labute approximate surface area is 167 Å². The Morgan fingerprint density at radius 1 is 1.07 bits per heavy atom. The van der Waals surface area contributed by atoms with Crippen molar-refractivity contribution in [2.45, 2.75) is 63.6 Å². The maximum absolute atomic E-state index is 13.6. The number of alkyl halides is 3. The summed E-state index contributed by atoms with van der Waals surface area (Å²) < 4.78 is 46.7. The summed E-state index contributed by atoms with van der Waals surface area (Å²) in [5, 5.41) is 1.15. The number of hydrogen-bond donors (Lipinski definition) is 1. The van der Waals surface area contributed by atoms with E-state index in [1.54, 1.807) is 0 Å². The van der Waals surface area contributed by atoms with Crippen molar-refractivity contribution in [2.24, 2.45) is 0 Å². The number of nitrogens with one attached hydrogen (secondary N) is 1. The van der Waals surface area contributed by atoms with Crippen molar-refractivity contribution >= 4 is 10.9 Å². The number of hydrogen-bond acceptors (Lipinski definition) is 2. The van der Waals surface area contributed by atoms with E-state index in [9.17, 15) is 13.2 Å². The van der Waals surface area contributed by atoms with Crippen molar-refractivity contribution in [1.29, 1.82) is 0 Å². The largest absolute Gasteiger partial charge is 0.489 e. The van der Waals surface area contributed by atoms with Crippen molar-refractivity contribution in [2.75, 3.05) is 0 Å². The average molecular weight is 400 g/mol. The molecule has 29 heavy (non-hydrogen) atoms. The van der Waals surface area contributed by atoms with Crippen LogP contribution in [0.4, 0.5) is 13.2 Å². The predicted molar refractivity (Wildman–Crippen MR) is 105 cm³/mol. The highest BCUT2D eigenvalue weighted by Crippen LogP contribution is 2.41. The standard InChI is InChI=1S/C23H23F3N2O/c24-23(25,26)19-10-14(12-27-22(19)15-4-1-2-5-15)13-29-16-8-9-21-18(11-16)17-6-3-7-20(17)28-21/h8-12,15,28H,1-7,13H2. The number of pyridine rings is 1. The van der Waals surface area contributed by atoms with Crippen LogP contribution in [0.15, 0.2) is 30.5 Å². The first-order valence-electron chi connectivity index (χ1n) is 10.3. The lowest BCUT2D eigenvalue weighted by molar-refractivity contribution is -0.138. The molecule has 3 nitrogen and oxygen atoms in total. The van der Waals surface area contributed by atoms with Gasteiger partial charge < -0.3 is 9.72 Å². The Morgan fingerprint density at radius 2 is 1.90 bits per heavy atom. The number of aromatic nitrogens is 2. The van der Waals surface area contributed by atoms with Gasteiger partial charge in [0, 0.05) is 34.3 Å². The summed E-state index contributed by atoms with van der Waals surface area (Å²) in [6.45, 7) is 0.0686. The first-order chi connectivity index (χ1) is 14.0. The number of nitrogens with zero attached hydrogens (tertiary/aromatic N) is 1. The molecule has 0 aliphatic heterocycles. The summed E-state index contributed by atoms with van der Waals surface area (Å²) in [6, 6.07) is 7.04. The number of rotatable bonds is 4. The second-order valence-corrected chi connectivity index (χ2v) is 8.19. The number of ether oxygens (including phenoxy) is 1. The van der Waals surface area contributed by atoms with E-state index in [4.69, 9.17) is 4.74 Å². The SMILES string of the molecule is FC(F)(F)c1cc(COc2ccc3[nH]c4c(c3c2)CCC4)cnc1C1CCCC1. The molecule has 1 aromatic carbocycles. The summed E-state index contributed by atoms with van der Waals surface area (Å²) in [7, 11) is 0. The molecule has 3 aromatic rings. The fourth-order valence-electron chi connectivity index (χ4n) is 4.83. The topological polar surface area (TPSA) is 37.9 Å². The molecular weight excluding hydrogens is 377 g/mol. The maximum atomic E-state index is 13.6. The minimum absolute atomic E-state index is 0.0686. The van der Waals surface area contributed by atoms with Crippen molar-refractivity contribution in [3.8, 4) is 5.75 Å². The normalized spacial score (nSPS) is 17.2. The van der Waals surface area contributed by atoms with E-state index >= 15 is 0 Å². The highest BCUT2D eigenvalue weighted by molar-refractivity contribution is 5.86. The van der Waals surface area contributed by atoms with Crippen LogP contribution < -0.4 is 4.74 Å². The number of H-pyrrole nitrogens is 1. The van der Waals surface area contributed by atoms with Gasteiger partial charge in [0.2, 0.25) is 0 Å². The summed E-state index contributed by atoms with van der Waals surface area (Å²) >= 11 is 0. The van der Waals surface area contributed by atoms with Crippen LogP contribution in [-0.4, -0.2) is 9.97 Å². The molecule has 0 unspecified atom stereocenters. The van der Waals surface area contributed by atoms with E-state index in [0.717, 1.165) is 55.8 Å². The van der Waals surface area contributed by atoms with Crippen LogP contribution in [0, 0.1) is 0 Å². The smallest absolute Gasteiger partial charge is 0.418 e. The monoisotopic (exact) mass is 400 g/mol. The third-order valence-corrected chi connectivity index (χ3v) is 6.25. The Hall–Kier alpha value is -2.50. The van der Waals surface area contributed by atoms with E-state index in [-0.39, 0.29) is 18.2 Å². The van der Waals surface area contributed by atoms with Gasteiger partial charge in [-0.25, -0.2) is 0 Å². The highest BCUT2D eigenvalue weighted by atomic mass is 19.4. The summed E-state index contributed by atoms with van der Waals surface area (Å²) in [6.07, 6.45) is 3.93. The Bertz CT molecular complexity index is 1050. The van der Waals surface area contributed by atoms with E-state index in [1.807, 2.05) is 18.2 Å². The van der Waals surface area contributed by atoms with Gasteiger partial charge in [0.25, 0.3) is 0 Å². The molecule has 0 bridgehead atoms. The van der Waals surface area contributed by atoms with E-state index in [2.05, 4.69) is 9.97 Å². The predicted octanol–water partition coefficient (Wildman–Crippen LogP) is 6.31. The molecule has 2 aliphatic rings. The highest BCUT2D eigenvalue weighted by Gasteiger charge is 2.37. The molecular formula is C23H23F3N2O. The lowest BCUT2D eigenvalue weighted by Gasteiger charge is -2.18. The second-order valence-electron chi connectivity index (χ2n) is 8.19. The fourth-order valence-corrected chi connectivity index (χ4v) is 4.83. The van der Waals surface area contributed by atoms with Gasteiger partial charge in [0.1, 0.15) is 12.4 Å². The molecule has 0 spiro atoms. The zero-order chi connectivity index (χ0) is 20.0. The number of aryl methyl sites for hydroxylation is 2. The van der Waals surface area contributed by atoms with E-state index in [1.165, 1.54) is 23.5 Å². The summed E-state index contributed by atoms with van der Waals surface area (Å²) in [5.74, 6) is 0.583. The molecule has 1 fully saturated rings. The molecule has 0 radical (unpaired) electrons. The van der Waals surface area contributed by atoms with Crippen molar-refractivity contribution in [3.05, 3.63) is 58.5 Å². The zero-order valence-corrected chi connectivity index (χ0v) is 16.1. The number of benzene rings is 1. The molecule has 2 aromatic heterocycles. The average Bonchev–Trinajstić information content (AvgIpc) is 3.43. The molecule has 152 valence electrons. The second kappa shape index (κ2) is 7.08. The van der Waals surface area contributed by atoms with Gasteiger partial charge in [0.05, 0.1) is 11.3 Å². The molecule has 1 N–H and O–H groups in total. The minimum atomic E-state index is -4.40. The van der Waals surface area contributed by atoms with Crippen LogP contribution >= 0.6 is 0 Å². The molecule has 5 rings (SSSR count). The van der Waals surface area contributed by atoms with Crippen molar-refractivity contribution < 1.29 is 17.9 Å². The first kappa shape index (κ1) is 18.5. The van der Waals surface area contributed by atoms with Crippen LogP contribution in [0.1, 0.15) is 66.1 Å². The molecule has 2 aliphatic carbocycles. The van der Waals surface area contributed by atoms with Crippen LogP contribution in [-0.2, 0) is 25.6 Å². The summed E-state index contributed by atoms with van der Waals surface area (Å²) in [5.41, 5.74) is 3.75. The van der Waals surface area contributed by atoms with Crippen molar-refractivity contribution in [1.82, 2.24) is 9.97 Å². The van der Waals surface area contributed by atoms with Gasteiger partial charge in [-0.05, 0) is 61.9 Å². The molecule has 1 saturated carbocycles. The Balaban J connectivity index is 1.38. The van der Waals surface area contributed by atoms with Crippen LogP contribution in [0.25, 0.3) is 10.9 Å². The lowest BCUT2D eigenvalue weighted by Crippen LogP contribution is -2.14. The Morgan fingerprint density at radius 3 is 2.69 bits per heavy atom. The molecule has 6 heteroatoms. The van der Waals surface area contributed by atoms with Gasteiger partial charge in [0.15, 0.2) is 0 Å². The van der Waals surface area contributed by atoms with Gasteiger partial charge in [-0.3, -0.25) is 4.98 Å². The Kier molecular flexibility index (Phi) is 4.52. The molecule has 2 heterocycles. The van der Waals surface area contributed by atoms with Crippen LogP contribution in [0.5, 0.6) is 5.75 Å². The number of halogens is 3. The third kappa shape index (κ3) is 3.49. The minimum Gasteiger partial charge on any atom is -0.489 e. The quantitative estimate of drug-likeness (QED) is 0.557. The van der Waals surface area contributed by atoms with E-state index < -0.39 is 11.7 Å². The van der Waals surface area contributed by atoms with Crippen LogP contribution in [0.3, 0.4) is 0 Å². The summed E-state index contributed by atoms with van der Waals surface area (Å²) in [4.78, 5) is 7.67. The number of aromatic amines is 1. The third-order valence-electron chi connectivity index (χ3n) is 6.25. The van der Waals surface area contributed by atoms with Gasteiger partial charge in [-0.1, -0.05) is 12.8 Å². The first-order valence-corrected chi connectivity index (χ1v) is 10.3. The van der Waals surface area contributed by atoms with Crippen LogP contribution in [0.2, 0.25) is 0 Å². The van der Waals surface area contributed by atoms with E-state index in [0.29, 0.717) is 11.3 Å². The van der Waals surface area contributed by atoms with Gasteiger partial charge in [-0.2, -0.15) is 13.2 Å². The molecule has 0 atom stereocenters. The number of fused-ring (bicyclic) bond motifs is 3.